The standard InChI is InChI=1S/C21H21ClINO4/c1-27-21(26)14-4-2-13(3-5-14)8-17(11-23)24-12-18(25)20-10-15-9-16(22)6-7-19(15)28-20/h2-7,9-10,17-18,24-25H,8,11-12H2,1H3. The third-order valence-electron chi connectivity index (χ3n) is 4.47. The predicted octanol–water partition coefficient (Wildman–Crippen LogP) is 4.54. The molecular weight excluding hydrogens is 493 g/mol. The average molecular weight is 514 g/mol. The highest BCUT2D eigenvalue weighted by Crippen LogP contribution is 2.26. The smallest absolute Gasteiger partial charge is 0.337 e. The van der Waals surface area contributed by atoms with Crippen molar-refractivity contribution in [2.75, 3.05) is 18.1 Å². The van der Waals surface area contributed by atoms with Gasteiger partial charge in [-0.15, -0.1) is 0 Å². The summed E-state index contributed by atoms with van der Waals surface area (Å²) in [4.78, 5) is 11.5. The van der Waals surface area contributed by atoms with E-state index in [2.05, 4.69) is 27.9 Å². The van der Waals surface area contributed by atoms with E-state index in [4.69, 9.17) is 20.8 Å². The van der Waals surface area contributed by atoms with Crippen LogP contribution in [0.1, 0.15) is 27.8 Å². The van der Waals surface area contributed by atoms with E-state index < -0.39 is 6.10 Å². The topological polar surface area (TPSA) is 71.7 Å². The highest BCUT2D eigenvalue weighted by atomic mass is 127. The molecular formula is C21H21ClINO4. The number of ether oxygens (including phenoxy) is 1. The van der Waals surface area contributed by atoms with Crippen molar-refractivity contribution in [1.29, 1.82) is 0 Å². The zero-order valence-electron chi connectivity index (χ0n) is 15.3. The van der Waals surface area contributed by atoms with Crippen LogP contribution in [0.25, 0.3) is 11.0 Å². The molecule has 2 aromatic carbocycles. The van der Waals surface area contributed by atoms with Gasteiger partial charge in [0, 0.05) is 27.4 Å². The minimum atomic E-state index is -0.752. The van der Waals surface area contributed by atoms with Gasteiger partial charge in [-0.3, -0.25) is 0 Å². The molecule has 0 saturated carbocycles. The molecule has 0 aliphatic heterocycles. The van der Waals surface area contributed by atoms with E-state index >= 15 is 0 Å². The van der Waals surface area contributed by atoms with Crippen molar-refractivity contribution in [1.82, 2.24) is 5.32 Å². The molecule has 1 aromatic heterocycles. The minimum Gasteiger partial charge on any atom is -0.465 e. The van der Waals surface area contributed by atoms with Gasteiger partial charge in [-0.2, -0.15) is 0 Å². The number of esters is 1. The van der Waals surface area contributed by atoms with Gasteiger partial charge in [0.05, 0.1) is 12.7 Å². The van der Waals surface area contributed by atoms with Crippen LogP contribution in [0.5, 0.6) is 0 Å². The van der Waals surface area contributed by atoms with Crippen molar-refractivity contribution < 1.29 is 19.1 Å². The predicted molar refractivity (Wildman–Crippen MR) is 118 cm³/mol. The van der Waals surface area contributed by atoms with Crippen LogP contribution in [0.4, 0.5) is 0 Å². The van der Waals surface area contributed by atoms with Crippen molar-refractivity contribution in [3.05, 3.63) is 70.4 Å². The number of aliphatic hydroxyl groups is 1. The maximum Gasteiger partial charge on any atom is 0.337 e. The number of fused-ring (bicyclic) bond motifs is 1. The molecule has 2 atom stereocenters. The van der Waals surface area contributed by atoms with E-state index in [9.17, 15) is 9.90 Å². The molecule has 2 N–H and O–H groups in total. The van der Waals surface area contributed by atoms with Gasteiger partial charge in [-0.1, -0.05) is 46.3 Å². The number of hydrogen-bond donors (Lipinski definition) is 2. The van der Waals surface area contributed by atoms with E-state index in [0.717, 1.165) is 21.8 Å². The molecule has 1 heterocycles. The molecule has 0 fully saturated rings. The first-order valence-corrected chi connectivity index (χ1v) is 10.7. The van der Waals surface area contributed by atoms with Gasteiger partial charge < -0.3 is 19.6 Å². The summed E-state index contributed by atoms with van der Waals surface area (Å²) in [5.41, 5.74) is 2.34. The number of carbonyl (C=O) groups is 1. The largest absolute Gasteiger partial charge is 0.465 e. The molecule has 28 heavy (non-hydrogen) atoms. The quantitative estimate of drug-likeness (QED) is 0.263. The van der Waals surface area contributed by atoms with Crippen LogP contribution in [0.3, 0.4) is 0 Å². The summed E-state index contributed by atoms with van der Waals surface area (Å²) in [5.74, 6) is 0.171. The Morgan fingerprint density at radius 3 is 2.68 bits per heavy atom. The number of rotatable bonds is 8. The lowest BCUT2D eigenvalue weighted by atomic mass is 10.0. The zero-order chi connectivity index (χ0) is 20.1. The summed E-state index contributed by atoms with van der Waals surface area (Å²) in [6.45, 7) is 0.376. The van der Waals surface area contributed by atoms with Gasteiger partial charge in [-0.05, 0) is 48.4 Å². The average Bonchev–Trinajstić information content (AvgIpc) is 3.14. The molecule has 0 aliphatic carbocycles. The number of nitrogens with one attached hydrogen (secondary N) is 1. The summed E-state index contributed by atoms with van der Waals surface area (Å²) in [5, 5.41) is 15.4. The maximum atomic E-state index is 11.5. The molecule has 0 aliphatic rings. The van der Waals surface area contributed by atoms with E-state index in [1.54, 1.807) is 24.3 Å². The Morgan fingerprint density at radius 2 is 2.00 bits per heavy atom. The lowest BCUT2D eigenvalue weighted by Gasteiger charge is -2.18. The number of alkyl halides is 1. The molecule has 0 bridgehead atoms. The summed E-state index contributed by atoms with van der Waals surface area (Å²) in [7, 11) is 1.37. The van der Waals surface area contributed by atoms with Crippen molar-refractivity contribution in [2.24, 2.45) is 0 Å². The van der Waals surface area contributed by atoms with Gasteiger partial charge in [0.2, 0.25) is 0 Å². The van der Waals surface area contributed by atoms with E-state index in [1.165, 1.54) is 7.11 Å². The molecule has 148 valence electrons. The van der Waals surface area contributed by atoms with E-state index in [0.29, 0.717) is 28.5 Å². The Bertz CT molecular complexity index is 941. The van der Waals surface area contributed by atoms with Gasteiger partial charge in [0.15, 0.2) is 0 Å². The molecule has 0 spiro atoms. The van der Waals surface area contributed by atoms with E-state index in [1.807, 2.05) is 24.3 Å². The number of benzene rings is 2. The summed E-state index contributed by atoms with van der Waals surface area (Å²) in [6.07, 6.45) is 0.0330. The van der Waals surface area contributed by atoms with Crippen LogP contribution in [0.2, 0.25) is 5.02 Å². The second-order valence-corrected chi connectivity index (χ2v) is 7.82. The molecule has 3 aromatic rings. The molecule has 7 heteroatoms. The van der Waals surface area contributed by atoms with Gasteiger partial charge in [0.25, 0.3) is 0 Å². The fraction of sp³-hybridized carbons (Fsp3) is 0.286. The third-order valence-corrected chi connectivity index (χ3v) is 5.77. The number of furan rings is 1. The number of aliphatic hydroxyl groups excluding tert-OH is 1. The zero-order valence-corrected chi connectivity index (χ0v) is 18.2. The molecule has 0 radical (unpaired) electrons. The van der Waals surface area contributed by atoms with Crippen LogP contribution in [0.15, 0.2) is 52.9 Å². The summed E-state index contributed by atoms with van der Waals surface area (Å²) >= 11 is 8.32. The SMILES string of the molecule is COC(=O)c1ccc(CC(CI)NCC(O)c2cc3cc(Cl)ccc3o2)cc1. The van der Waals surface area contributed by atoms with Crippen LogP contribution in [0, 0.1) is 0 Å². The van der Waals surface area contributed by atoms with Crippen LogP contribution >= 0.6 is 34.2 Å². The van der Waals surface area contributed by atoms with Crippen LogP contribution < -0.4 is 5.32 Å². The highest BCUT2D eigenvalue weighted by molar-refractivity contribution is 14.1. The van der Waals surface area contributed by atoms with Gasteiger partial charge in [0.1, 0.15) is 17.4 Å². The Balaban J connectivity index is 1.58. The Kier molecular flexibility index (Phi) is 7.34. The van der Waals surface area contributed by atoms with Crippen LogP contribution in [-0.2, 0) is 11.2 Å². The monoisotopic (exact) mass is 513 g/mol. The molecule has 3 rings (SSSR count). The second kappa shape index (κ2) is 9.73. The fourth-order valence-corrected chi connectivity index (χ4v) is 3.74. The molecule has 0 amide bonds. The van der Waals surface area contributed by atoms with Crippen molar-refractivity contribution in [3.63, 3.8) is 0 Å². The number of hydrogen-bond acceptors (Lipinski definition) is 5. The Labute approximate surface area is 182 Å². The minimum absolute atomic E-state index is 0.179. The number of carbonyl (C=O) groups excluding carboxylic acids is 1. The lowest BCUT2D eigenvalue weighted by molar-refractivity contribution is 0.0600. The molecule has 0 saturated heterocycles. The maximum absolute atomic E-state index is 11.5. The summed E-state index contributed by atoms with van der Waals surface area (Å²) in [6, 6.07) is 14.7. The first-order chi connectivity index (χ1) is 13.5. The normalized spacial score (nSPS) is 13.4. The fourth-order valence-electron chi connectivity index (χ4n) is 2.94. The van der Waals surface area contributed by atoms with Gasteiger partial charge in [-0.25, -0.2) is 4.79 Å². The Morgan fingerprint density at radius 1 is 1.25 bits per heavy atom. The number of halogens is 2. The van der Waals surface area contributed by atoms with Crippen molar-refractivity contribution >= 4 is 51.1 Å². The van der Waals surface area contributed by atoms with Crippen molar-refractivity contribution in [2.45, 2.75) is 18.6 Å². The Hall–Kier alpha value is -1.61. The first-order valence-electron chi connectivity index (χ1n) is 8.84. The third kappa shape index (κ3) is 5.26. The summed E-state index contributed by atoms with van der Waals surface area (Å²) < 4.78 is 11.3. The highest BCUT2D eigenvalue weighted by Gasteiger charge is 2.16. The lowest BCUT2D eigenvalue weighted by Crippen LogP contribution is -2.35. The second-order valence-electron chi connectivity index (χ2n) is 6.50. The molecule has 2 unspecified atom stereocenters. The van der Waals surface area contributed by atoms with Crippen molar-refractivity contribution in [3.8, 4) is 0 Å². The van der Waals surface area contributed by atoms with Crippen LogP contribution in [-0.4, -0.2) is 35.2 Å². The van der Waals surface area contributed by atoms with Gasteiger partial charge >= 0.3 is 5.97 Å². The first kappa shape index (κ1) is 21.1. The number of methoxy groups -OCH3 is 1. The molecule has 5 nitrogen and oxygen atoms in total. The van der Waals surface area contributed by atoms with E-state index in [-0.39, 0.29) is 12.0 Å².